The Balaban J connectivity index is 1.75. The normalized spacial score (nSPS) is 32.9. The van der Waals surface area contributed by atoms with Crippen LogP contribution in [0.1, 0.15) is 5.56 Å². The maximum Gasteiger partial charge on any atom is 0.287 e. The minimum absolute atomic E-state index is 0.239. The zero-order valence-electron chi connectivity index (χ0n) is 8.82. The van der Waals surface area contributed by atoms with Gasteiger partial charge >= 0.3 is 0 Å². The molecule has 0 N–H and O–H groups in total. The first-order valence-electron chi connectivity index (χ1n) is 5.42. The van der Waals surface area contributed by atoms with E-state index in [-0.39, 0.29) is 5.82 Å². The van der Waals surface area contributed by atoms with Crippen LogP contribution in [0.15, 0.2) is 24.3 Å². The maximum atomic E-state index is 12.8. The number of hydrogen-bond acceptors (Lipinski definition) is 3. The highest BCUT2D eigenvalue weighted by Crippen LogP contribution is 2.32. The van der Waals surface area contributed by atoms with Crippen LogP contribution in [0.25, 0.3) is 0 Å². The Labute approximate surface area is 93.1 Å². The third-order valence-corrected chi connectivity index (χ3v) is 2.95. The molecule has 4 heteroatoms. The Morgan fingerprint density at radius 3 is 2.19 bits per heavy atom. The summed E-state index contributed by atoms with van der Waals surface area (Å²) in [6.45, 7) is 2.05. The molecule has 0 atom stereocenters. The molecule has 3 heterocycles. The molecule has 0 amide bonds. The van der Waals surface area contributed by atoms with Gasteiger partial charge in [0.15, 0.2) is 0 Å². The highest BCUT2D eigenvalue weighted by molar-refractivity contribution is 5.17. The molecule has 4 rings (SSSR count). The fourth-order valence-electron chi connectivity index (χ4n) is 2.01. The molecule has 0 saturated carbocycles. The zero-order valence-corrected chi connectivity index (χ0v) is 8.82. The fourth-order valence-corrected chi connectivity index (χ4v) is 2.01. The summed E-state index contributed by atoms with van der Waals surface area (Å²) in [5, 5.41) is 0. The predicted molar refractivity (Wildman–Crippen MR) is 54.2 cm³/mol. The number of hydrogen-bond donors (Lipinski definition) is 0. The van der Waals surface area contributed by atoms with Gasteiger partial charge in [0.25, 0.3) is 5.97 Å². The van der Waals surface area contributed by atoms with E-state index >= 15 is 0 Å². The maximum absolute atomic E-state index is 12.8. The van der Waals surface area contributed by atoms with Gasteiger partial charge in [0.05, 0.1) is 26.2 Å². The smallest absolute Gasteiger partial charge is 0.287 e. The first-order valence-corrected chi connectivity index (χ1v) is 5.42. The molecular weight excluding hydrogens is 211 g/mol. The molecule has 86 valence electrons. The lowest BCUT2D eigenvalue weighted by atomic mass is 10.1. The molecule has 0 radical (unpaired) electrons. The quantitative estimate of drug-likeness (QED) is 0.765. The van der Waals surface area contributed by atoms with Gasteiger partial charge in [-0.1, -0.05) is 12.1 Å². The van der Waals surface area contributed by atoms with Crippen LogP contribution >= 0.6 is 0 Å². The van der Waals surface area contributed by atoms with E-state index in [2.05, 4.69) is 0 Å². The fraction of sp³-hybridized carbons (Fsp3) is 0.500. The van der Waals surface area contributed by atoms with Gasteiger partial charge in [0.1, 0.15) is 5.82 Å². The van der Waals surface area contributed by atoms with Crippen LogP contribution in [0.2, 0.25) is 0 Å². The molecule has 0 unspecified atom stereocenters. The standard InChI is InChI=1S/C12H13FO3/c13-11-3-1-9(2-4-11)5-12-14-6-10(7-15-12)8-16-12/h1-4,10H,5-8H2. The van der Waals surface area contributed by atoms with E-state index in [1.807, 2.05) is 0 Å². The molecule has 3 saturated heterocycles. The van der Waals surface area contributed by atoms with Crippen molar-refractivity contribution in [1.29, 1.82) is 0 Å². The van der Waals surface area contributed by atoms with Gasteiger partial charge in [0, 0.05) is 5.92 Å². The van der Waals surface area contributed by atoms with Crippen molar-refractivity contribution in [2.45, 2.75) is 12.4 Å². The highest BCUT2D eigenvalue weighted by atomic mass is 19.1. The molecule has 3 aliphatic rings. The van der Waals surface area contributed by atoms with Crippen molar-refractivity contribution in [2.24, 2.45) is 5.92 Å². The van der Waals surface area contributed by atoms with Crippen LogP contribution in [0.5, 0.6) is 0 Å². The van der Waals surface area contributed by atoms with Gasteiger partial charge in [-0.2, -0.15) is 0 Å². The lowest BCUT2D eigenvalue weighted by Gasteiger charge is -2.45. The second-order valence-corrected chi connectivity index (χ2v) is 4.29. The Morgan fingerprint density at radius 1 is 1.06 bits per heavy atom. The molecule has 0 aliphatic carbocycles. The molecule has 2 bridgehead atoms. The van der Waals surface area contributed by atoms with Gasteiger partial charge in [-0.3, -0.25) is 0 Å². The van der Waals surface area contributed by atoms with E-state index in [4.69, 9.17) is 14.2 Å². The molecule has 1 aromatic carbocycles. The Bertz CT molecular complexity index is 355. The van der Waals surface area contributed by atoms with Gasteiger partial charge in [-0.05, 0) is 17.7 Å². The summed E-state index contributed by atoms with van der Waals surface area (Å²) < 4.78 is 29.4. The first-order chi connectivity index (χ1) is 7.76. The van der Waals surface area contributed by atoms with Gasteiger partial charge < -0.3 is 14.2 Å². The second-order valence-electron chi connectivity index (χ2n) is 4.29. The molecule has 0 spiro atoms. The summed E-state index contributed by atoms with van der Waals surface area (Å²) in [6, 6.07) is 6.31. The summed E-state index contributed by atoms with van der Waals surface area (Å²) in [5.74, 6) is -0.821. The van der Waals surface area contributed by atoms with Crippen molar-refractivity contribution in [2.75, 3.05) is 19.8 Å². The number of rotatable bonds is 2. The van der Waals surface area contributed by atoms with Crippen LogP contribution in [-0.4, -0.2) is 25.8 Å². The van der Waals surface area contributed by atoms with Crippen molar-refractivity contribution < 1.29 is 18.6 Å². The molecular formula is C12H13FO3. The molecule has 0 aromatic heterocycles. The van der Waals surface area contributed by atoms with Gasteiger partial charge in [0.2, 0.25) is 0 Å². The zero-order chi connectivity index (χ0) is 11.0. The van der Waals surface area contributed by atoms with E-state index in [1.54, 1.807) is 12.1 Å². The second kappa shape index (κ2) is 3.80. The largest absolute Gasteiger partial charge is 0.327 e. The number of benzene rings is 1. The van der Waals surface area contributed by atoms with E-state index < -0.39 is 5.97 Å². The summed E-state index contributed by atoms with van der Waals surface area (Å²) in [7, 11) is 0. The topological polar surface area (TPSA) is 27.7 Å². The van der Waals surface area contributed by atoms with Crippen molar-refractivity contribution in [1.82, 2.24) is 0 Å². The van der Waals surface area contributed by atoms with Crippen LogP contribution in [-0.2, 0) is 20.6 Å². The number of fused-ring (bicyclic) bond motifs is 3. The summed E-state index contributed by atoms with van der Waals surface area (Å²) in [4.78, 5) is 0. The summed E-state index contributed by atoms with van der Waals surface area (Å²) >= 11 is 0. The SMILES string of the molecule is Fc1ccc(CC23OCC(CO2)CO3)cc1. The number of halogens is 1. The van der Waals surface area contributed by atoms with E-state index in [0.29, 0.717) is 32.2 Å². The van der Waals surface area contributed by atoms with Crippen LogP contribution in [0.4, 0.5) is 4.39 Å². The molecule has 16 heavy (non-hydrogen) atoms. The van der Waals surface area contributed by atoms with E-state index in [0.717, 1.165) is 5.56 Å². The Hall–Kier alpha value is -0.970. The average molecular weight is 224 g/mol. The minimum Gasteiger partial charge on any atom is -0.327 e. The van der Waals surface area contributed by atoms with Crippen molar-refractivity contribution in [3.8, 4) is 0 Å². The van der Waals surface area contributed by atoms with Crippen molar-refractivity contribution in [3.63, 3.8) is 0 Å². The van der Waals surface area contributed by atoms with Crippen molar-refractivity contribution >= 4 is 0 Å². The third kappa shape index (κ3) is 1.84. The lowest BCUT2D eigenvalue weighted by molar-refractivity contribution is -0.447. The van der Waals surface area contributed by atoms with Gasteiger partial charge in [-0.15, -0.1) is 0 Å². The predicted octanol–water partition coefficient (Wildman–Crippen LogP) is 1.72. The van der Waals surface area contributed by atoms with Crippen molar-refractivity contribution in [3.05, 3.63) is 35.6 Å². The van der Waals surface area contributed by atoms with Crippen LogP contribution in [0, 0.1) is 11.7 Å². The number of ether oxygens (including phenoxy) is 3. The molecule has 1 aromatic rings. The minimum atomic E-state index is -0.938. The average Bonchev–Trinajstić information content (AvgIpc) is 2.34. The third-order valence-electron chi connectivity index (χ3n) is 2.95. The summed E-state index contributed by atoms with van der Waals surface area (Å²) in [5.41, 5.74) is 0.946. The molecule has 3 fully saturated rings. The van der Waals surface area contributed by atoms with E-state index in [9.17, 15) is 4.39 Å². The monoisotopic (exact) mass is 224 g/mol. The first kappa shape index (κ1) is 10.2. The van der Waals surface area contributed by atoms with Crippen LogP contribution in [0.3, 0.4) is 0 Å². The van der Waals surface area contributed by atoms with E-state index in [1.165, 1.54) is 12.1 Å². The Morgan fingerprint density at radius 2 is 1.62 bits per heavy atom. The van der Waals surface area contributed by atoms with Gasteiger partial charge in [-0.25, -0.2) is 4.39 Å². The molecule has 3 aliphatic heterocycles. The summed E-state index contributed by atoms with van der Waals surface area (Å²) in [6.07, 6.45) is 0.500. The van der Waals surface area contributed by atoms with Crippen LogP contribution < -0.4 is 0 Å². The highest BCUT2D eigenvalue weighted by Gasteiger charge is 2.44. The Kier molecular flexibility index (Phi) is 2.42. The molecule has 3 nitrogen and oxygen atoms in total. The lowest BCUT2D eigenvalue weighted by Crippen LogP contribution is -2.55.